The van der Waals surface area contributed by atoms with Crippen LogP contribution in [0.5, 0.6) is 0 Å². The van der Waals surface area contributed by atoms with Crippen molar-refractivity contribution in [3.63, 3.8) is 0 Å². The monoisotopic (exact) mass is 528 g/mol. The molecule has 0 bridgehead atoms. The van der Waals surface area contributed by atoms with Crippen LogP contribution in [0.3, 0.4) is 0 Å². The van der Waals surface area contributed by atoms with Crippen molar-refractivity contribution < 1.29 is 46.7 Å². The fourth-order valence-corrected chi connectivity index (χ4v) is 8.89. The van der Waals surface area contributed by atoms with Crippen molar-refractivity contribution >= 4 is 39.6 Å². The first-order valence-corrected chi connectivity index (χ1v) is 15.8. The minimum absolute atomic E-state index is 0.262. The Labute approximate surface area is 189 Å². The van der Waals surface area contributed by atoms with Gasteiger partial charge in [0.1, 0.15) is 36.1 Å². The maximum atomic E-state index is 12.6. The van der Waals surface area contributed by atoms with Gasteiger partial charge >= 0.3 is 22.8 Å². The molecule has 0 saturated carbocycles. The number of aliphatic hydroxyl groups is 2. The lowest BCUT2D eigenvalue weighted by atomic mass is 10.1. The van der Waals surface area contributed by atoms with Gasteiger partial charge in [-0.15, -0.1) is 0 Å². The van der Waals surface area contributed by atoms with E-state index in [1.165, 1.54) is 10.9 Å². The zero-order valence-corrected chi connectivity index (χ0v) is 21.0. The summed E-state index contributed by atoms with van der Waals surface area (Å²) >= 11 is 0. The Morgan fingerprint density at radius 2 is 1.79 bits per heavy atom. The molecule has 0 spiro atoms. The molecule has 186 valence electrons. The Morgan fingerprint density at radius 1 is 1.12 bits per heavy atom. The SMILES string of the molecule is CCc1cn(C2OC(COP(C)(=O)OP(C)(=O)OP(C)(=O)O)C(O)C2O)c2ncnc(N)c12. The number of anilines is 1. The van der Waals surface area contributed by atoms with Crippen LogP contribution in [0.2, 0.25) is 0 Å². The van der Waals surface area contributed by atoms with Gasteiger partial charge in [-0.3, -0.25) is 13.7 Å². The highest BCUT2D eigenvalue weighted by atomic mass is 31.3. The van der Waals surface area contributed by atoms with Crippen molar-refractivity contribution in [2.24, 2.45) is 0 Å². The van der Waals surface area contributed by atoms with Crippen LogP contribution < -0.4 is 5.73 Å². The Morgan fingerprint density at radius 3 is 2.39 bits per heavy atom. The molecule has 14 nitrogen and oxygen atoms in total. The topological polar surface area (TPSA) is 206 Å². The van der Waals surface area contributed by atoms with E-state index in [4.69, 9.17) is 19.3 Å². The van der Waals surface area contributed by atoms with Gasteiger partial charge in [0, 0.05) is 26.2 Å². The number of aliphatic hydroxyl groups excluding tert-OH is 2. The predicted octanol–water partition coefficient (Wildman–Crippen LogP) is 1.71. The average Bonchev–Trinajstić information content (AvgIpc) is 3.16. The molecule has 2 aromatic rings. The van der Waals surface area contributed by atoms with Gasteiger partial charge in [-0.2, -0.15) is 0 Å². The molecule has 17 heteroatoms. The van der Waals surface area contributed by atoms with Gasteiger partial charge in [-0.05, 0) is 12.0 Å². The fraction of sp³-hybridized carbons (Fsp3) is 0.625. The molecule has 0 amide bonds. The normalized spacial score (nSPS) is 28.9. The second-order valence-electron chi connectivity index (χ2n) is 7.72. The number of ether oxygens (including phenoxy) is 1. The molecule has 0 aromatic carbocycles. The Balaban J connectivity index is 1.75. The van der Waals surface area contributed by atoms with Gasteiger partial charge in [0.05, 0.1) is 12.0 Å². The maximum absolute atomic E-state index is 12.6. The molecule has 1 saturated heterocycles. The van der Waals surface area contributed by atoms with Crippen LogP contribution in [0.25, 0.3) is 11.0 Å². The van der Waals surface area contributed by atoms with Gasteiger partial charge in [0.25, 0.3) is 0 Å². The number of nitrogens with zero attached hydrogens (tertiary/aromatic N) is 3. The molecule has 1 fully saturated rings. The van der Waals surface area contributed by atoms with E-state index in [0.717, 1.165) is 25.6 Å². The molecule has 1 aliphatic rings. The molecular weight excluding hydrogens is 501 g/mol. The molecule has 5 N–H and O–H groups in total. The Kier molecular flexibility index (Phi) is 7.58. The molecule has 33 heavy (non-hydrogen) atoms. The largest absolute Gasteiger partial charge is 0.387 e. The summed E-state index contributed by atoms with van der Waals surface area (Å²) in [5.74, 6) is 0.262. The standard InChI is InChI=1S/C16H27N4O10P3/c1-5-9-6-20(15-11(9)14(17)18-8-19-15)16-13(22)12(21)10(28-16)7-27-32(3,25)30-33(4,26)29-31(2,23)24/h6,8,10,12-13,16,21-22H,5,7H2,1-4H3,(H,23,24)(H2,17,18,19). The van der Waals surface area contributed by atoms with Crippen molar-refractivity contribution in [3.05, 3.63) is 18.1 Å². The summed E-state index contributed by atoms with van der Waals surface area (Å²) < 4.78 is 57.8. The maximum Gasteiger partial charge on any atom is 0.341 e. The molecule has 0 radical (unpaired) electrons. The molecule has 7 atom stereocenters. The number of aromatic nitrogens is 3. The summed E-state index contributed by atoms with van der Waals surface area (Å²) in [4.78, 5) is 17.4. The van der Waals surface area contributed by atoms with Crippen molar-refractivity contribution in [2.75, 3.05) is 32.3 Å². The quantitative estimate of drug-likeness (QED) is 0.343. The predicted molar refractivity (Wildman–Crippen MR) is 118 cm³/mol. The molecule has 7 unspecified atom stereocenters. The summed E-state index contributed by atoms with van der Waals surface area (Å²) in [6.45, 7) is 4.04. The van der Waals surface area contributed by atoms with Crippen LogP contribution in [0.15, 0.2) is 12.5 Å². The number of fused-ring (bicyclic) bond motifs is 1. The average molecular weight is 528 g/mol. The van der Waals surface area contributed by atoms with Gasteiger partial charge in [0.2, 0.25) is 0 Å². The zero-order chi connectivity index (χ0) is 24.8. The lowest BCUT2D eigenvalue weighted by Crippen LogP contribution is -2.33. The Hall–Kier alpha value is -1.17. The number of nitrogen functional groups attached to an aromatic ring is 1. The summed E-state index contributed by atoms with van der Waals surface area (Å²) in [5.41, 5.74) is 7.19. The van der Waals surface area contributed by atoms with Crippen molar-refractivity contribution in [3.8, 4) is 0 Å². The van der Waals surface area contributed by atoms with E-state index >= 15 is 0 Å². The summed E-state index contributed by atoms with van der Waals surface area (Å²) in [6, 6.07) is 0. The third kappa shape index (κ3) is 6.10. The summed E-state index contributed by atoms with van der Waals surface area (Å²) in [7, 11) is -12.5. The minimum Gasteiger partial charge on any atom is -0.387 e. The first-order chi connectivity index (χ1) is 15.1. The molecule has 3 rings (SSSR count). The third-order valence-electron chi connectivity index (χ3n) is 4.78. The van der Waals surface area contributed by atoms with Crippen molar-refractivity contribution in [1.82, 2.24) is 14.5 Å². The number of rotatable bonds is 9. The molecule has 1 aliphatic heterocycles. The van der Waals surface area contributed by atoms with E-state index in [1.54, 1.807) is 6.20 Å². The number of hydrogen-bond acceptors (Lipinski definition) is 12. The summed E-state index contributed by atoms with van der Waals surface area (Å²) in [6.07, 6.45) is -1.48. The van der Waals surface area contributed by atoms with Gasteiger partial charge < -0.3 is 34.7 Å². The fourth-order valence-electron chi connectivity index (χ4n) is 3.54. The third-order valence-corrected chi connectivity index (χ3v) is 10.2. The van der Waals surface area contributed by atoms with E-state index in [2.05, 4.69) is 14.3 Å². The lowest BCUT2D eigenvalue weighted by Gasteiger charge is -2.22. The number of aryl methyl sites for hydroxylation is 1. The van der Waals surface area contributed by atoms with Crippen LogP contribution in [0.1, 0.15) is 18.7 Å². The molecular formula is C16H27N4O10P3. The highest BCUT2D eigenvalue weighted by Gasteiger charge is 2.45. The number of nitrogens with two attached hydrogens (primary N) is 1. The van der Waals surface area contributed by atoms with Crippen LogP contribution in [0.4, 0.5) is 5.82 Å². The first kappa shape index (κ1) is 26.4. The second-order valence-corrected chi connectivity index (χ2v) is 14.0. The van der Waals surface area contributed by atoms with E-state index in [9.17, 15) is 28.8 Å². The highest BCUT2D eigenvalue weighted by molar-refractivity contribution is 7.71. The van der Waals surface area contributed by atoms with Gasteiger partial charge in [-0.25, -0.2) is 18.6 Å². The van der Waals surface area contributed by atoms with E-state index in [0.29, 0.717) is 17.5 Å². The first-order valence-electron chi connectivity index (χ1n) is 9.78. The number of hydrogen-bond donors (Lipinski definition) is 4. The van der Waals surface area contributed by atoms with Crippen molar-refractivity contribution in [1.29, 1.82) is 0 Å². The molecule has 2 aromatic heterocycles. The molecule has 3 heterocycles. The van der Waals surface area contributed by atoms with Crippen LogP contribution in [-0.2, 0) is 38.0 Å². The van der Waals surface area contributed by atoms with Crippen LogP contribution in [0, 0.1) is 0 Å². The van der Waals surface area contributed by atoms with E-state index < -0.39 is 53.9 Å². The highest BCUT2D eigenvalue weighted by Crippen LogP contribution is 2.67. The van der Waals surface area contributed by atoms with E-state index in [-0.39, 0.29) is 5.82 Å². The van der Waals surface area contributed by atoms with Crippen LogP contribution >= 0.6 is 22.8 Å². The zero-order valence-electron chi connectivity index (χ0n) is 18.3. The molecule has 0 aliphatic carbocycles. The smallest absolute Gasteiger partial charge is 0.341 e. The minimum atomic E-state index is -4.20. The lowest BCUT2D eigenvalue weighted by molar-refractivity contribution is -0.0479. The van der Waals surface area contributed by atoms with Gasteiger partial charge in [0.15, 0.2) is 6.23 Å². The van der Waals surface area contributed by atoms with Gasteiger partial charge in [-0.1, -0.05) is 6.92 Å². The van der Waals surface area contributed by atoms with Crippen molar-refractivity contribution in [2.45, 2.75) is 37.9 Å². The van der Waals surface area contributed by atoms with E-state index in [1.807, 2.05) is 6.92 Å². The van der Waals surface area contributed by atoms with Crippen LogP contribution in [-0.4, -0.2) is 74.6 Å². The second kappa shape index (κ2) is 9.47. The Bertz CT molecular complexity index is 1170. The summed E-state index contributed by atoms with van der Waals surface area (Å²) in [5, 5.41) is 21.6.